The fourth-order valence-electron chi connectivity index (χ4n) is 3.03. The number of pyridine rings is 1. The number of hydrogen-bond donors (Lipinski definition) is 0. The van der Waals surface area contributed by atoms with E-state index in [0.29, 0.717) is 16.5 Å². The van der Waals surface area contributed by atoms with Gasteiger partial charge in [-0.2, -0.15) is 0 Å². The second-order valence-corrected chi connectivity index (χ2v) is 6.39. The first kappa shape index (κ1) is 20.1. The highest BCUT2D eigenvalue weighted by Gasteiger charge is 2.23. The molecule has 7 heteroatoms. The van der Waals surface area contributed by atoms with Gasteiger partial charge in [0, 0.05) is 18.1 Å². The smallest absolute Gasteiger partial charge is 0.375 e. The molecule has 3 aromatic rings. The Hall–Kier alpha value is -3.61. The van der Waals surface area contributed by atoms with E-state index in [0.717, 1.165) is 0 Å². The molecule has 1 heterocycles. The number of nitrogens with zero attached hydrogens (tertiary/aromatic N) is 1. The van der Waals surface area contributed by atoms with Gasteiger partial charge in [-0.15, -0.1) is 0 Å². The molecule has 0 radical (unpaired) electrons. The van der Waals surface area contributed by atoms with Gasteiger partial charge in [-0.05, 0) is 36.8 Å². The summed E-state index contributed by atoms with van der Waals surface area (Å²) in [5, 5.41) is 0.290. The van der Waals surface area contributed by atoms with Crippen molar-refractivity contribution in [2.45, 2.75) is 19.9 Å². The van der Waals surface area contributed by atoms with Crippen LogP contribution in [0.1, 0.15) is 29.3 Å². The van der Waals surface area contributed by atoms with Crippen LogP contribution in [-0.4, -0.2) is 28.7 Å². The molecule has 0 bridgehead atoms. The molecular weight excluding hydrogens is 377 g/mol. The van der Waals surface area contributed by atoms with Gasteiger partial charge in [0.05, 0.1) is 24.1 Å². The van der Waals surface area contributed by atoms with Crippen LogP contribution >= 0.6 is 0 Å². The number of halogens is 1. The fourth-order valence-corrected chi connectivity index (χ4v) is 3.03. The number of ketones is 2. The van der Waals surface area contributed by atoms with E-state index in [9.17, 15) is 23.6 Å². The van der Waals surface area contributed by atoms with Crippen LogP contribution in [0.5, 0.6) is 0 Å². The second kappa shape index (κ2) is 8.60. The average molecular weight is 395 g/mol. The van der Waals surface area contributed by atoms with Crippen molar-refractivity contribution in [3.63, 3.8) is 0 Å². The summed E-state index contributed by atoms with van der Waals surface area (Å²) >= 11 is 0. The van der Waals surface area contributed by atoms with Crippen LogP contribution < -0.4 is 5.43 Å². The molecule has 0 amide bonds. The van der Waals surface area contributed by atoms with E-state index in [1.165, 1.54) is 18.3 Å². The molecule has 6 nitrogen and oxygen atoms in total. The predicted octanol–water partition coefficient (Wildman–Crippen LogP) is 2.89. The zero-order valence-electron chi connectivity index (χ0n) is 15.7. The maximum atomic E-state index is 13.5. The molecule has 0 aliphatic heterocycles. The highest BCUT2D eigenvalue weighted by molar-refractivity contribution is 6.38. The van der Waals surface area contributed by atoms with E-state index < -0.39 is 35.2 Å². The molecule has 0 spiro atoms. The Morgan fingerprint density at radius 2 is 1.83 bits per heavy atom. The highest BCUT2D eigenvalue weighted by Crippen LogP contribution is 2.16. The molecule has 0 N–H and O–H groups in total. The van der Waals surface area contributed by atoms with E-state index in [-0.39, 0.29) is 18.7 Å². The van der Waals surface area contributed by atoms with Crippen molar-refractivity contribution in [3.05, 3.63) is 81.9 Å². The molecule has 2 aromatic carbocycles. The quantitative estimate of drug-likeness (QED) is 0.266. The first-order valence-electron chi connectivity index (χ1n) is 9.00. The number of para-hydroxylation sites is 1. The van der Waals surface area contributed by atoms with Gasteiger partial charge in [-0.25, -0.2) is 9.18 Å². The van der Waals surface area contributed by atoms with Gasteiger partial charge in [-0.3, -0.25) is 14.4 Å². The molecule has 0 unspecified atom stereocenters. The van der Waals surface area contributed by atoms with E-state index in [4.69, 9.17) is 0 Å². The summed E-state index contributed by atoms with van der Waals surface area (Å²) in [4.78, 5) is 48.7. The van der Waals surface area contributed by atoms with Gasteiger partial charge in [0.2, 0.25) is 5.78 Å². The Kier molecular flexibility index (Phi) is 5.97. The maximum absolute atomic E-state index is 13.5. The van der Waals surface area contributed by atoms with Crippen molar-refractivity contribution in [1.82, 2.24) is 4.57 Å². The van der Waals surface area contributed by atoms with Crippen molar-refractivity contribution < 1.29 is 23.5 Å². The van der Waals surface area contributed by atoms with E-state index in [2.05, 4.69) is 4.74 Å². The zero-order chi connectivity index (χ0) is 21.0. The molecule has 0 atom stereocenters. The molecular formula is C22H18FNO5. The van der Waals surface area contributed by atoms with Crippen LogP contribution in [0.2, 0.25) is 0 Å². The van der Waals surface area contributed by atoms with Gasteiger partial charge in [0.1, 0.15) is 5.82 Å². The summed E-state index contributed by atoms with van der Waals surface area (Å²) in [5.74, 6) is -3.29. The molecule has 0 saturated carbocycles. The van der Waals surface area contributed by atoms with Crippen LogP contribution in [0.15, 0.2) is 59.5 Å². The van der Waals surface area contributed by atoms with Gasteiger partial charge in [-0.1, -0.05) is 24.3 Å². The Morgan fingerprint density at radius 1 is 1.07 bits per heavy atom. The van der Waals surface area contributed by atoms with Gasteiger partial charge < -0.3 is 9.30 Å². The standard InChI is InChI=1S/C22H18FNO5/c1-2-29-22(28)20(26)11-19(25)17-13-24(12-14-6-5-7-15(23)10-14)18-9-4-3-8-16(18)21(17)27/h3-10,13H,2,11-12H2,1H3. The minimum absolute atomic E-state index is 0.00911. The van der Waals surface area contributed by atoms with Crippen LogP contribution in [0.25, 0.3) is 10.9 Å². The maximum Gasteiger partial charge on any atom is 0.375 e. The third kappa shape index (κ3) is 4.45. The summed E-state index contributed by atoms with van der Waals surface area (Å²) in [6.45, 7) is 1.77. The normalized spacial score (nSPS) is 10.7. The number of esters is 1. The third-order valence-corrected chi connectivity index (χ3v) is 4.35. The highest BCUT2D eigenvalue weighted by atomic mass is 19.1. The minimum atomic E-state index is -1.11. The second-order valence-electron chi connectivity index (χ2n) is 6.39. The number of aromatic nitrogens is 1. The lowest BCUT2D eigenvalue weighted by Crippen LogP contribution is -2.25. The summed E-state index contributed by atoms with van der Waals surface area (Å²) in [7, 11) is 0. The molecule has 0 fully saturated rings. The Labute approximate surface area is 165 Å². The Bertz CT molecular complexity index is 1170. The van der Waals surface area contributed by atoms with E-state index >= 15 is 0 Å². The van der Waals surface area contributed by atoms with Crippen molar-refractivity contribution in [1.29, 1.82) is 0 Å². The minimum Gasteiger partial charge on any atom is -0.460 e. The molecule has 148 valence electrons. The largest absolute Gasteiger partial charge is 0.460 e. The molecule has 0 saturated heterocycles. The number of hydrogen-bond acceptors (Lipinski definition) is 5. The number of Topliss-reactive ketones (excluding diaryl/α,β-unsaturated/α-hetero) is 2. The fraction of sp³-hybridized carbons (Fsp3) is 0.182. The van der Waals surface area contributed by atoms with Crippen molar-refractivity contribution in [2.24, 2.45) is 0 Å². The van der Waals surface area contributed by atoms with Gasteiger partial charge in [0.15, 0.2) is 11.2 Å². The molecule has 1 aromatic heterocycles. The summed E-state index contributed by atoms with van der Waals surface area (Å²) < 4.78 is 19.8. The third-order valence-electron chi connectivity index (χ3n) is 4.35. The lowest BCUT2D eigenvalue weighted by atomic mass is 10.0. The SMILES string of the molecule is CCOC(=O)C(=O)CC(=O)c1cn(Cc2cccc(F)c2)c2ccccc2c1=O. The van der Waals surface area contributed by atoms with Gasteiger partial charge in [0.25, 0.3) is 0 Å². The van der Waals surface area contributed by atoms with Crippen molar-refractivity contribution >= 4 is 28.4 Å². The Morgan fingerprint density at radius 3 is 2.55 bits per heavy atom. The predicted molar refractivity (Wildman–Crippen MR) is 104 cm³/mol. The first-order valence-corrected chi connectivity index (χ1v) is 9.00. The number of carbonyl (C=O) groups is 3. The average Bonchev–Trinajstić information content (AvgIpc) is 2.70. The molecule has 29 heavy (non-hydrogen) atoms. The monoisotopic (exact) mass is 395 g/mol. The number of benzene rings is 2. The summed E-state index contributed by atoms with van der Waals surface area (Å²) in [6.07, 6.45) is 0.586. The van der Waals surface area contributed by atoms with Crippen LogP contribution in [0.4, 0.5) is 4.39 Å². The summed E-state index contributed by atoms with van der Waals surface area (Å²) in [6, 6.07) is 12.7. The number of ether oxygens (including phenoxy) is 1. The number of carbonyl (C=O) groups excluding carboxylic acids is 3. The Balaban J connectivity index is 2.03. The zero-order valence-corrected chi connectivity index (χ0v) is 15.7. The number of fused-ring (bicyclic) bond motifs is 1. The van der Waals surface area contributed by atoms with E-state index in [1.54, 1.807) is 47.9 Å². The molecule has 0 aliphatic rings. The molecule has 0 aliphatic carbocycles. The first-order chi connectivity index (χ1) is 13.9. The van der Waals surface area contributed by atoms with Crippen molar-refractivity contribution in [3.8, 4) is 0 Å². The summed E-state index contributed by atoms with van der Waals surface area (Å²) in [5.41, 5.74) is 0.463. The number of rotatable bonds is 7. The molecule has 3 rings (SSSR count). The topological polar surface area (TPSA) is 82.4 Å². The van der Waals surface area contributed by atoms with Gasteiger partial charge >= 0.3 is 5.97 Å². The van der Waals surface area contributed by atoms with Crippen LogP contribution in [-0.2, 0) is 20.9 Å². The lowest BCUT2D eigenvalue weighted by molar-refractivity contribution is -0.153. The van der Waals surface area contributed by atoms with Crippen molar-refractivity contribution in [2.75, 3.05) is 6.61 Å². The lowest BCUT2D eigenvalue weighted by Gasteiger charge is -2.13. The van der Waals surface area contributed by atoms with E-state index in [1.807, 2.05) is 0 Å². The van der Waals surface area contributed by atoms with Crippen LogP contribution in [0, 0.1) is 5.82 Å². The van der Waals surface area contributed by atoms with Crippen LogP contribution in [0.3, 0.4) is 0 Å².